The Hall–Kier alpha value is -0.870. The third-order valence-electron chi connectivity index (χ3n) is 2.57. The molecule has 2 N–H and O–H groups in total. The molecule has 13 heavy (non-hydrogen) atoms. The van der Waals surface area contributed by atoms with E-state index in [9.17, 15) is 0 Å². The van der Waals surface area contributed by atoms with Gasteiger partial charge in [-0.2, -0.15) is 0 Å². The molecule has 72 valence electrons. The number of hydrogen-bond donors (Lipinski definition) is 2. The van der Waals surface area contributed by atoms with Crippen molar-refractivity contribution in [2.24, 2.45) is 0 Å². The van der Waals surface area contributed by atoms with Crippen LogP contribution in [-0.2, 0) is 6.54 Å². The first-order valence-electron chi connectivity index (χ1n) is 4.78. The standard InChI is InChI=1S/C9H16N4/c1-8-4-10-2-3-13(8)6-9-5-11-7-12-9/h5,7-8,10H,2-4,6H2,1H3,(H,11,12). The van der Waals surface area contributed by atoms with E-state index in [2.05, 4.69) is 27.1 Å². The molecule has 2 rings (SSSR count). The van der Waals surface area contributed by atoms with E-state index in [0.717, 1.165) is 26.2 Å². The van der Waals surface area contributed by atoms with Crippen molar-refractivity contribution in [3.63, 3.8) is 0 Å². The van der Waals surface area contributed by atoms with Crippen LogP contribution in [0.4, 0.5) is 0 Å². The molecule has 1 aliphatic heterocycles. The van der Waals surface area contributed by atoms with Gasteiger partial charge in [0.2, 0.25) is 0 Å². The van der Waals surface area contributed by atoms with Crippen LogP contribution in [0.15, 0.2) is 12.5 Å². The Morgan fingerprint density at radius 1 is 1.69 bits per heavy atom. The summed E-state index contributed by atoms with van der Waals surface area (Å²) in [5, 5.41) is 3.38. The van der Waals surface area contributed by atoms with Gasteiger partial charge in [-0.25, -0.2) is 4.98 Å². The largest absolute Gasteiger partial charge is 0.347 e. The molecule has 0 spiro atoms. The van der Waals surface area contributed by atoms with Crippen molar-refractivity contribution in [3.05, 3.63) is 18.2 Å². The molecule has 1 atom stereocenters. The van der Waals surface area contributed by atoms with E-state index in [0.29, 0.717) is 6.04 Å². The van der Waals surface area contributed by atoms with E-state index in [1.165, 1.54) is 5.69 Å². The third kappa shape index (κ3) is 2.08. The van der Waals surface area contributed by atoms with E-state index in [1.807, 2.05) is 6.20 Å². The summed E-state index contributed by atoms with van der Waals surface area (Å²) in [6.45, 7) is 6.55. The monoisotopic (exact) mass is 180 g/mol. The summed E-state index contributed by atoms with van der Waals surface area (Å²) in [7, 11) is 0. The zero-order chi connectivity index (χ0) is 9.10. The van der Waals surface area contributed by atoms with E-state index in [1.54, 1.807) is 6.33 Å². The number of nitrogens with zero attached hydrogens (tertiary/aromatic N) is 2. The number of aromatic nitrogens is 2. The fourth-order valence-electron chi connectivity index (χ4n) is 1.71. The Labute approximate surface area is 78.4 Å². The van der Waals surface area contributed by atoms with Gasteiger partial charge in [-0.3, -0.25) is 4.90 Å². The van der Waals surface area contributed by atoms with Crippen molar-refractivity contribution >= 4 is 0 Å². The zero-order valence-corrected chi connectivity index (χ0v) is 7.95. The average molecular weight is 180 g/mol. The van der Waals surface area contributed by atoms with Crippen LogP contribution in [0, 0.1) is 0 Å². The topological polar surface area (TPSA) is 44.0 Å². The third-order valence-corrected chi connectivity index (χ3v) is 2.57. The highest BCUT2D eigenvalue weighted by Gasteiger charge is 2.17. The van der Waals surface area contributed by atoms with Crippen LogP contribution in [0.1, 0.15) is 12.6 Å². The summed E-state index contributed by atoms with van der Waals surface area (Å²) in [6, 6.07) is 0.622. The molecule has 0 amide bonds. The maximum atomic E-state index is 4.01. The molecule has 1 unspecified atom stereocenters. The number of piperazine rings is 1. The van der Waals surface area contributed by atoms with Gasteiger partial charge in [-0.05, 0) is 6.92 Å². The van der Waals surface area contributed by atoms with Crippen LogP contribution >= 0.6 is 0 Å². The fourth-order valence-corrected chi connectivity index (χ4v) is 1.71. The number of H-pyrrole nitrogens is 1. The minimum atomic E-state index is 0.622. The minimum Gasteiger partial charge on any atom is -0.347 e. The van der Waals surface area contributed by atoms with Gasteiger partial charge in [-0.15, -0.1) is 0 Å². The quantitative estimate of drug-likeness (QED) is 0.683. The summed E-state index contributed by atoms with van der Waals surface area (Å²) >= 11 is 0. The Morgan fingerprint density at radius 2 is 2.62 bits per heavy atom. The molecule has 4 nitrogen and oxygen atoms in total. The van der Waals surface area contributed by atoms with Crippen LogP contribution in [0.25, 0.3) is 0 Å². The lowest BCUT2D eigenvalue weighted by atomic mass is 10.2. The summed E-state index contributed by atoms with van der Waals surface area (Å²) in [5.41, 5.74) is 1.20. The lowest BCUT2D eigenvalue weighted by Crippen LogP contribution is -2.49. The Balaban J connectivity index is 1.93. The van der Waals surface area contributed by atoms with Gasteiger partial charge < -0.3 is 10.3 Å². The highest BCUT2D eigenvalue weighted by atomic mass is 15.2. The maximum absolute atomic E-state index is 4.01. The van der Waals surface area contributed by atoms with Gasteiger partial charge in [0.05, 0.1) is 6.33 Å². The smallest absolute Gasteiger partial charge is 0.0922 e. The van der Waals surface area contributed by atoms with E-state index < -0.39 is 0 Å². The first-order chi connectivity index (χ1) is 6.36. The number of nitrogens with one attached hydrogen (secondary N) is 2. The van der Waals surface area contributed by atoms with E-state index in [-0.39, 0.29) is 0 Å². The van der Waals surface area contributed by atoms with Gasteiger partial charge >= 0.3 is 0 Å². The normalized spacial score (nSPS) is 24.8. The molecule has 2 heterocycles. The van der Waals surface area contributed by atoms with Gasteiger partial charge in [0.15, 0.2) is 0 Å². The molecular formula is C9H16N4. The van der Waals surface area contributed by atoms with Crippen molar-refractivity contribution < 1.29 is 0 Å². The predicted molar refractivity (Wildman–Crippen MR) is 51.3 cm³/mol. The second-order valence-corrected chi connectivity index (χ2v) is 3.60. The summed E-state index contributed by atoms with van der Waals surface area (Å²) in [5.74, 6) is 0. The number of hydrogen-bond acceptors (Lipinski definition) is 3. The fraction of sp³-hybridized carbons (Fsp3) is 0.667. The highest BCUT2D eigenvalue weighted by Crippen LogP contribution is 2.06. The van der Waals surface area contributed by atoms with Gasteiger partial charge in [0.1, 0.15) is 0 Å². The molecule has 4 heteroatoms. The van der Waals surface area contributed by atoms with Crippen LogP contribution in [0.5, 0.6) is 0 Å². The number of aromatic amines is 1. The van der Waals surface area contributed by atoms with E-state index in [4.69, 9.17) is 0 Å². The first kappa shape index (κ1) is 8.72. The SMILES string of the molecule is CC1CNCCN1Cc1cnc[nH]1. The lowest BCUT2D eigenvalue weighted by Gasteiger charge is -2.33. The van der Waals surface area contributed by atoms with Crippen molar-refractivity contribution in [3.8, 4) is 0 Å². The van der Waals surface area contributed by atoms with Crippen LogP contribution < -0.4 is 5.32 Å². The summed E-state index contributed by atoms with van der Waals surface area (Å²) < 4.78 is 0. The number of rotatable bonds is 2. The van der Waals surface area contributed by atoms with Crippen LogP contribution in [-0.4, -0.2) is 40.5 Å². The minimum absolute atomic E-state index is 0.622. The predicted octanol–water partition coefficient (Wildman–Crippen LogP) is 0.203. The molecule has 0 bridgehead atoms. The second-order valence-electron chi connectivity index (χ2n) is 3.60. The number of imidazole rings is 1. The van der Waals surface area contributed by atoms with Crippen LogP contribution in [0.3, 0.4) is 0 Å². The molecule has 0 radical (unpaired) electrons. The van der Waals surface area contributed by atoms with Crippen molar-refractivity contribution in [1.82, 2.24) is 20.2 Å². The lowest BCUT2D eigenvalue weighted by molar-refractivity contribution is 0.164. The Kier molecular flexibility index (Phi) is 2.61. The molecule has 1 saturated heterocycles. The maximum Gasteiger partial charge on any atom is 0.0922 e. The molecular weight excluding hydrogens is 164 g/mol. The molecule has 1 aliphatic rings. The Morgan fingerprint density at radius 3 is 3.31 bits per heavy atom. The summed E-state index contributed by atoms with van der Waals surface area (Å²) in [6.07, 6.45) is 3.64. The molecule has 1 fully saturated rings. The molecule has 0 aliphatic carbocycles. The second kappa shape index (κ2) is 3.89. The molecule has 0 aromatic carbocycles. The van der Waals surface area contributed by atoms with Crippen molar-refractivity contribution in [2.75, 3.05) is 19.6 Å². The van der Waals surface area contributed by atoms with Gasteiger partial charge in [0, 0.05) is 44.1 Å². The van der Waals surface area contributed by atoms with Crippen molar-refractivity contribution in [2.45, 2.75) is 19.5 Å². The highest BCUT2D eigenvalue weighted by molar-refractivity contribution is 4.95. The summed E-state index contributed by atoms with van der Waals surface area (Å²) in [4.78, 5) is 9.61. The molecule has 0 saturated carbocycles. The van der Waals surface area contributed by atoms with E-state index >= 15 is 0 Å². The average Bonchev–Trinajstić information content (AvgIpc) is 2.61. The van der Waals surface area contributed by atoms with Gasteiger partial charge in [0.25, 0.3) is 0 Å². The molecule has 1 aromatic heterocycles. The molecule has 1 aromatic rings. The first-order valence-corrected chi connectivity index (χ1v) is 4.78. The van der Waals surface area contributed by atoms with Gasteiger partial charge in [-0.1, -0.05) is 0 Å². The van der Waals surface area contributed by atoms with Crippen LogP contribution in [0.2, 0.25) is 0 Å². The Bertz CT molecular complexity index is 244. The zero-order valence-electron chi connectivity index (χ0n) is 7.95. The van der Waals surface area contributed by atoms with Crippen molar-refractivity contribution in [1.29, 1.82) is 0 Å².